The van der Waals surface area contributed by atoms with Crippen LogP contribution in [0.1, 0.15) is 22.4 Å². The Kier molecular flexibility index (Phi) is 3.63. The van der Waals surface area contributed by atoms with Crippen molar-refractivity contribution in [3.8, 4) is 0 Å². The number of fused-ring (bicyclic) bond motifs is 3. The lowest BCUT2D eigenvalue weighted by molar-refractivity contribution is 0.103. The molecule has 0 spiro atoms. The number of carbonyl (C=O) groups excluding carboxylic acids is 1. The van der Waals surface area contributed by atoms with Gasteiger partial charge in [-0.2, -0.15) is 0 Å². The minimum absolute atomic E-state index is 0.0690. The van der Waals surface area contributed by atoms with Crippen molar-refractivity contribution < 1.29 is 4.79 Å². The smallest absolute Gasteiger partial charge is 0.265 e. The number of imidazole rings is 1. The number of rotatable bonds is 3. The first-order chi connectivity index (χ1) is 11.2. The number of thiophene rings is 1. The molecule has 2 aromatic heterocycles. The number of carbonyl (C=O) groups is 1. The minimum Gasteiger partial charge on any atom is -0.326 e. The zero-order valence-corrected chi connectivity index (χ0v) is 13.8. The fourth-order valence-electron chi connectivity index (χ4n) is 3.02. The highest BCUT2D eigenvalue weighted by Crippen LogP contribution is 2.24. The first-order valence-corrected chi connectivity index (χ1v) is 8.69. The van der Waals surface area contributed by atoms with Crippen molar-refractivity contribution in [2.24, 2.45) is 0 Å². The van der Waals surface area contributed by atoms with E-state index >= 15 is 0 Å². The Morgan fingerprint density at radius 2 is 2.26 bits per heavy atom. The zero-order chi connectivity index (χ0) is 15.8. The molecule has 1 aliphatic heterocycles. The fraction of sp³-hybridized carbons (Fsp3) is 0.294. The van der Waals surface area contributed by atoms with Gasteiger partial charge in [0.15, 0.2) is 0 Å². The molecule has 0 saturated heterocycles. The first-order valence-electron chi connectivity index (χ1n) is 7.81. The molecular formula is C17H18N4OS. The second kappa shape index (κ2) is 5.79. The lowest BCUT2D eigenvalue weighted by Gasteiger charge is -2.26. The van der Waals surface area contributed by atoms with E-state index in [0.717, 1.165) is 48.7 Å². The Hall–Kier alpha value is -2.18. The molecule has 0 saturated carbocycles. The number of hydrogen-bond donors (Lipinski definition) is 1. The second-order valence-electron chi connectivity index (χ2n) is 5.68. The van der Waals surface area contributed by atoms with Gasteiger partial charge in [0.1, 0.15) is 5.82 Å². The molecular weight excluding hydrogens is 308 g/mol. The molecule has 6 heteroatoms. The predicted molar refractivity (Wildman–Crippen MR) is 93.0 cm³/mol. The summed E-state index contributed by atoms with van der Waals surface area (Å²) in [7, 11) is 0. The second-order valence-corrected chi connectivity index (χ2v) is 6.63. The molecule has 1 aromatic carbocycles. The average molecular weight is 326 g/mol. The summed E-state index contributed by atoms with van der Waals surface area (Å²) in [5.41, 5.74) is 2.88. The molecule has 0 aliphatic carbocycles. The number of nitrogens with one attached hydrogen (secondary N) is 1. The highest BCUT2D eigenvalue weighted by Gasteiger charge is 2.19. The number of hydrogen-bond acceptors (Lipinski definition) is 4. The molecule has 0 atom stereocenters. The zero-order valence-electron chi connectivity index (χ0n) is 13.0. The number of likely N-dealkylation sites (N-methyl/N-ethyl adjacent to an activating group) is 1. The maximum atomic E-state index is 12.2. The molecule has 5 nitrogen and oxygen atoms in total. The number of anilines is 1. The molecule has 1 amide bonds. The van der Waals surface area contributed by atoms with Gasteiger partial charge in [0.2, 0.25) is 0 Å². The van der Waals surface area contributed by atoms with Crippen LogP contribution in [0.5, 0.6) is 0 Å². The summed E-state index contributed by atoms with van der Waals surface area (Å²) in [5, 5.41) is 4.85. The van der Waals surface area contributed by atoms with Crippen molar-refractivity contribution in [1.29, 1.82) is 0 Å². The van der Waals surface area contributed by atoms with Crippen molar-refractivity contribution in [2.45, 2.75) is 20.0 Å². The summed E-state index contributed by atoms with van der Waals surface area (Å²) < 4.78 is 2.28. The van der Waals surface area contributed by atoms with Crippen LogP contribution in [-0.4, -0.2) is 33.4 Å². The lowest BCUT2D eigenvalue weighted by atomic mass is 10.2. The minimum atomic E-state index is -0.0690. The van der Waals surface area contributed by atoms with Gasteiger partial charge in [-0.3, -0.25) is 9.69 Å². The summed E-state index contributed by atoms with van der Waals surface area (Å²) in [6, 6.07) is 9.67. The van der Waals surface area contributed by atoms with Crippen molar-refractivity contribution in [1.82, 2.24) is 14.5 Å². The third kappa shape index (κ3) is 2.64. The molecule has 0 fully saturated rings. The van der Waals surface area contributed by atoms with Crippen LogP contribution in [0.3, 0.4) is 0 Å². The topological polar surface area (TPSA) is 50.2 Å². The van der Waals surface area contributed by atoms with Crippen molar-refractivity contribution >= 4 is 34.0 Å². The molecule has 4 rings (SSSR count). The van der Waals surface area contributed by atoms with Gasteiger partial charge in [-0.1, -0.05) is 13.0 Å². The fourth-order valence-corrected chi connectivity index (χ4v) is 3.64. The maximum absolute atomic E-state index is 12.2. The third-order valence-electron chi connectivity index (χ3n) is 4.28. The number of nitrogens with zero attached hydrogens (tertiary/aromatic N) is 3. The Labute approximate surface area is 138 Å². The maximum Gasteiger partial charge on any atom is 0.265 e. The van der Waals surface area contributed by atoms with Crippen LogP contribution in [0.2, 0.25) is 0 Å². The summed E-state index contributed by atoms with van der Waals surface area (Å²) in [4.78, 5) is 20.0. The van der Waals surface area contributed by atoms with Gasteiger partial charge >= 0.3 is 0 Å². The Morgan fingerprint density at radius 3 is 3.04 bits per heavy atom. The molecule has 0 radical (unpaired) electrons. The SMILES string of the molecule is CCN1CCn2c(nc3cc(NC(=O)c4cccs4)ccc32)C1. The van der Waals surface area contributed by atoms with Gasteiger partial charge in [-0.25, -0.2) is 4.98 Å². The summed E-state index contributed by atoms with van der Waals surface area (Å²) >= 11 is 1.44. The predicted octanol–water partition coefficient (Wildman–Crippen LogP) is 3.19. The third-order valence-corrected chi connectivity index (χ3v) is 5.15. The Morgan fingerprint density at radius 1 is 1.35 bits per heavy atom. The van der Waals surface area contributed by atoms with Gasteiger partial charge < -0.3 is 9.88 Å². The van der Waals surface area contributed by atoms with E-state index in [1.165, 1.54) is 11.3 Å². The lowest BCUT2D eigenvalue weighted by Crippen LogP contribution is -2.33. The monoisotopic (exact) mass is 326 g/mol. The Balaban J connectivity index is 1.63. The highest BCUT2D eigenvalue weighted by atomic mass is 32.1. The van der Waals surface area contributed by atoms with Crippen LogP contribution in [0.4, 0.5) is 5.69 Å². The van der Waals surface area contributed by atoms with Crippen molar-refractivity contribution in [3.05, 3.63) is 46.4 Å². The standard InChI is InChI=1S/C17H18N4OS/c1-2-20-7-8-21-14-6-5-12(10-13(14)19-16(21)11-20)18-17(22)15-4-3-9-23-15/h3-6,9-10H,2,7-8,11H2,1H3,(H,18,22). The van der Waals surface area contributed by atoms with Gasteiger partial charge in [-0.05, 0) is 36.2 Å². The van der Waals surface area contributed by atoms with Crippen LogP contribution >= 0.6 is 11.3 Å². The normalized spacial score (nSPS) is 14.8. The molecule has 3 heterocycles. The van der Waals surface area contributed by atoms with Gasteiger partial charge in [0, 0.05) is 18.8 Å². The van der Waals surface area contributed by atoms with E-state index in [0.29, 0.717) is 4.88 Å². The van der Waals surface area contributed by atoms with Gasteiger partial charge in [0.05, 0.1) is 22.5 Å². The first kappa shape index (κ1) is 14.4. The highest BCUT2D eigenvalue weighted by molar-refractivity contribution is 7.12. The number of amides is 1. The van der Waals surface area contributed by atoms with E-state index in [4.69, 9.17) is 4.98 Å². The van der Waals surface area contributed by atoms with Crippen LogP contribution in [0.15, 0.2) is 35.7 Å². The van der Waals surface area contributed by atoms with E-state index in [1.54, 1.807) is 0 Å². The summed E-state index contributed by atoms with van der Waals surface area (Å²) in [5.74, 6) is 1.04. The average Bonchev–Trinajstić information content (AvgIpc) is 3.21. The molecule has 118 valence electrons. The molecule has 0 unspecified atom stereocenters. The summed E-state index contributed by atoms with van der Waals surface area (Å²) in [6.07, 6.45) is 0. The quantitative estimate of drug-likeness (QED) is 0.804. The van der Waals surface area contributed by atoms with Crippen LogP contribution < -0.4 is 5.32 Å². The van der Waals surface area contributed by atoms with Crippen molar-refractivity contribution in [3.63, 3.8) is 0 Å². The van der Waals surface area contributed by atoms with E-state index in [9.17, 15) is 4.79 Å². The molecule has 1 aliphatic rings. The van der Waals surface area contributed by atoms with Gasteiger partial charge in [-0.15, -0.1) is 11.3 Å². The van der Waals surface area contributed by atoms with E-state index in [1.807, 2.05) is 29.6 Å². The van der Waals surface area contributed by atoms with Gasteiger partial charge in [0.25, 0.3) is 5.91 Å². The number of aromatic nitrogens is 2. The number of benzene rings is 1. The van der Waals surface area contributed by atoms with Crippen molar-refractivity contribution in [2.75, 3.05) is 18.4 Å². The molecule has 0 bridgehead atoms. The Bertz CT molecular complexity index is 853. The largest absolute Gasteiger partial charge is 0.326 e. The van der Waals surface area contributed by atoms with Crippen LogP contribution in [0, 0.1) is 0 Å². The van der Waals surface area contributed by atoms with E-state index in [2.05, 4.69) is 27.8 Å². The van der Waals surface area contributed by atoms with Crippen LogP contribution in [-0.2, 0) is 13.1 Å². The van der Waals surface area contributed by atoms with E-state index < -0.39 is 0 Å². The van der Waals surface area contributed by atoms with Crippen LogP contribution in [0.25, 0.3) is 11.0 Å². The molecule has 3 aromatic rings. The van der Waals surface area contributed by atoms with E-state index in [-0.39, 0.29) is 5.91 Å². The molecule has 23 heavy (non-hydrogen) atoms. The summed E-state index contributed by atoms with van der Waals surface area (Å²) in [6.45, 7) is 6.15. The molecule has 1 N–H and O–H groups in total.